The van der Waals surface area contributed by atoms with Crippen molar-refractivity contribution in [2.75, 3.05) is 13.2 Å². The van der Waals surface area contributed by atoms with Gasteiger partial charge in [0.05, 0.1) is 6.10 Å². The first-order chi connectivity index (χ1) is 7.74. The Morgan fingerprint density at radius 2 is 1.88 bits per heavy atom. The molecule has 0 fully saturated rings. The lowest BCUT2D eigenvalue weighted by atomic mass is 10.1. The Morgan fingerprint density at radius 1 is 1.19 bits per heavy atom. The van der Waals surface area contributed by atoms with Crippen LogP contribution in [0.25, 0.3) is 0 Å². The zero-order valence-corrected chi connectivity index (χ0v) is 10.3. The lowest BCUT2D eigenvalue weighted by Gasteiger charge is -2.11. The van der Waals surface area contributed by atoms with E-state index in [1.54, 1.807) is 0 Å². The summed E-state index contributed by atoms with van der Waals surface area (Å²) in [4.78, 5) is 0. The van der Waals surface area contributed by atoms with E-state index >= 15 is 0 Å². The van der Waals surface area contributed by atoms with E-state index in [0.717, 1.165) is 25.0 Å². The molecule has 90 valence electrons. The zero-order chi connectivity index (χ0) is 11.8. The van der Waals surface area contributed by atoms with Crippen molar-refractivity contribution in [3.63, 3.8) is 0 Å². The SMILES string of the molecule is CCCCOCCC(O)c1ccc(C)cc1. The Labute approximate surface area is 98.3 Å². The Balaban J connectivity index is 2.24. The van der Waals surface area contributed by atoms with Crippen molar-refractivity contribution in [3.8, 4) is 0 Å². The quantitative estimate of drug-likeness (QED) is 0.718. The van der Waals surface area contributed by atoms with Gasteiger partial charge in [-0.1, -0.05) is 43.2 Å². The summed E-state index contributed by atoms with van der Waals surface area (Å²) in [6, 6.07) is 8.01. The molecule has 1 unspecified atom stereocenters. The van der Waals surface area contributed by atoms with Gasteiger partial charge in [-0.2, -0.15) is 0 Å². The molecule has 1 atom stereocenters. The van der Waals surface area contributed by atoms with E-state index in [2.05, 4.69) is 6.92 Å². The first-order valence-electron chi connectivity index (χ1n) is 6.06. The molecule has 1 aromatic carbocycles. The number of rotatable bonds is 7. The highest BCUT2D eigenvalue weighted by Crippen LogP contribution is 2.16. The fraction of sp³-hybridized carbons (Fsp3) is 0.571. The van der Waals surface area contributed by atoms with E-state index in [9.17, 15) is 5.11 Å². The van der Waals surface area contributed by atoms with Gasteiger partial charge in [-0.3, -0.25) is 0 Å². The molecule has 0 aromatic heterocycles. The number of aliphatic hydroxyl groups excluding tert-OH is 1. The standard InChI is InChI=1S/C14H22O2/c1-3-4-10-16-11-9-14(15)13-7-5-12(2)6-8-13/h5-8,14-15H,3-4,9-11H2,1-2H3. The van der Waals surface area contributed by atoms with Gasteiger partial charge in [-0.05, 0) is 18.9 Å². The molecule has 0 heterocycles. The molecule has 0 saturated heterocycles. The molecule has 0 aliphatic rings. The smallest absolute Gasteiger partial charge is 0.0812 e. The number of aryl methyl sites for hydroxylation is 1. The average molecular weight is 222 g/mol. The van der Waals surface area contributed by atoms with E-state index in [1.165, 1.54) is 5.56 Å². The third kappa shape index (κ3) is 4.77. The number of hydrogen-bond acceptors (Lipinski definition) is 2. The predicted octanol–water partition coefficient (Wildman–Crippen LogP) is 3.24. The third-order valence-electron chi connectivity index (χ3n) is 2.64. The lowest BCUT2D eigenvalue weighted by Crippen LogP contribution is -2.04. The van der Waals surface area contributed by atoms with Crippen molar-refractivity contribution in [2.24, 2.45) is 0 Å². The van der Waals surface area contributed by atoms with E-state index in [-0.39, 0.29) is 0 Å². The lowest BCUT2D eigenvalue weighted by molar-refractivity contribution is 0.0805. The summed E-state index contributed by atoms with van der Waals surface area (Å²) in [7, 11) is 0. The zero-order valence-electron chi connectivity index (χ0n) is 10.3. The van der Waals surface area contributed by atoms with Gasteiger partial charge in [0.1, 0.15) is 0 Å². The van der Waals surface area contributed by atoms with Crippen molar-refractivity contribution in [1.82, 2.24) is 0 Å². The normalized spacial score (nSPS) is 12.7. The summed E-state index contributed by atoms with van der Waals surface area (Å²) in [5.74, 6) is 0. The summed E-state index contributed by atoms with van der Waals surface area (Å²) in [5.41, 5.74) is 2.19. The fourth-order valence-corrected chi connectivity index (χ4v) is 1.50. The van der Waals surface area contributed by atoms with Gasteiger partial charge >= 0.3 is 0 Å². The molecule has 1 N–H and O–H groups in total. The van der Waals surface area contributed by atoms with Gasteiger partial charge in [0.15, 0.2) is 0 Å². The molecule has 1 aromatic rings. The highest BCUT2D eigenvalue weighted by Gasteiger charge is 2.06. The second-order valence-corrected chi connectivity index (χ2v) is 4.18. The molecule has 0 radical (unpaired) electrons. The third-order valence-corrected chi connectivity index (χ3v) is 2.64. The van der Waals surface area contributed by atoms with E-state index < -0.39 is 6.10 Å². The molecular weight excluding hydrogens is 200 g/mol. The number of benzene rings is 1. The maximum atomic E-state index is 9.89. The molecule has 0 bridgehead atoms. The second-order valence-electron chi connectivity index (χ2n) is 4.18. The molecule has 2 heteroatoms. The highest BCUT2D eigenvalue weighted by atomic mass is 16.5. The van der Waals surface area contributed by atoms with Crippen LogP contribution in [0.5, 0.6) is 0 Å². The minimum atomic E-state index is -0.401. The predicted molar refractivity (Wildman–Crippen MR) is 66.5 cm³/mol. The number of unbranched alkanes of at least 4 members (excludes halogenated alkanes) is 1. The Kier molecular flexibility index (Phi) is 6.12. The van der Waals surface area contributed by atoms with E-state index in [1.807, 2.05) is 31.2 Å². The van der Waals surface area contributed by atoms with Crippen LogP contribution in [0.1, 0.15) is 43.4 Å². The topological polar surface area (TPSA) is 29.5 Å². The van der Waals surface area contributed by atoms with Crippen molar-refractivity contribution in [2.45, 2.75) is 39.2 Å². The molecule has 16 heavy (non-hydrogen) atoms. The number of aliphatic hydroxyl groups is 1. The number of hydrogen-bond donors (Lipinski definition) is 1. The van der Waals surface area contributed by atoms with E-state index in [0.29, 0.717) is 13.0 Å². The van der Waals surface area contributed by atoms with Crippen LogP contribution >= 0.6 is 0 Å². The van der Waals surface area contributed by atoms with Crippen LogP contribution in [-0.4, -0.2) is 18.3 Å². The van der Waals surface area contributed by atoms with Crippen molar-refractivity contribution in [3.05, 3.63) is 35.4 Å². The largest absolute Gasteiger partial charge is 0.388 e. The molecule has 0 aliphatic heterocycles. The Bertz CT molecular complexity index is 279. The summed E-state index contributed by atoms with van der Waals surface area (Å²) >= 11 is 0. The summed E-state index contributed by atoms with van der Waals surface area (Å²) in [5, 5.41) is 9.89. The highest BCUT2D eigenvalue weighted by molar-refractivity contribution is 5.22. The monoisotopic (exact) mass is 222 g/mol. The molecular formula is C14H22O2. The van der Waals surface area contributed by atoms with Gasteiger partial charge in [0.2, 0.25) is 0 Å². The molecule has 0 saturated carbocycles. The Hall–Kier alpha value is -0.860. The van der Waals surface area contributed by atoms with Gasteiger partial charge in [-0.15, -0.1) is 0 Å². The second kappa shape index (κ2) is 7.42. The van der Waals surface area contributed by atoms with Crippen molar-refractivity contribution >= 4 is 0 Å². The molecule has 0 amide bonds. The molecule has 2 nitrogen and oxygen atoms in total. The van der Waals surface area contributed by atoms with Crippen LogP contribution in [0.2, 0.25) is 0 Å². The summed E-state index contributed by atoms with van der Waals surface area (Å²) < 4.78 is 5.43. The van der Waals surface area contributed by atoms with Gasteiger partial charge < -0.3 is 9.84 Å². The first kappa shape index (κ1) is 13.2. The van der Waals surface area contributed by atoms with Crippen LogP contribution in [0, 0.1) is 6.92 Å². The molecule has 1 rings (SSSR count). The van der Waals surface area contributed by atoms with E-state index in [4.69, 9.17) is 4.74 Å². The first-order valence-corrected chi connectivity index (χ1v) is 6.06. The maximum Gasteiger partial charge on any atom is 0.0812 e. The van der Waals surface area contributed by atoms with Crippen LogP contribution in [0.15, 0.2) is 24.3 Å². The number of ether oxygens (including phenoxy) is 1. The molecule has 0 aliphatic carbocycles. The summed E-state index contributed by atoms with van der Waals surface area (Å²) in [6.07, 6.45) is 2.52. The summed E-state index contributed by atoms with van der Waals surface area (Å²) in [6.45, 7) is 5.63. The van der Waals surface area contributed by atoms with Crippen LogP contribution in [0.3, 0.4) is 0 Å². The van der Waals surface area contributed by atoms with Crippen LogP contribution in [-0.2, 0) is 4.74 Å². The van der Waals surface area contributed by atoms with Crippen LogP contribution < -0.4 is 0 Å². The van der Waals surface area contributed by atoms with Crippen LogP contribution in [0.4, 0.5) is 0 Å². The average Bonchev–Trinajstić information content (AvgIpc) is 2.29. The minimum absolute atomic E-state index is 0.401. The van der Waals surface area contributed by atoms with Crippen molar-refractivity contribution < 1.29 is 9.84 Å². The maximum absolute atomic E-state index is 9.89. The van der Waals surface area contributed by atoms with Gasteiger partial charge in [0, 0.05) is 19.6 Å². The molecule has 0 spiro atoms. The van der Waals surface area contributed by atoms with Gasteiger partial charge in [-0.25, -0.2) is 0 Å². The van der Waals surface area contributed by atoms with Crippen molar-refractivity contribution in [1.29, 1.82) is 0 Å². The Morgan fingerprint density at radius 3 is 2.50 bits per heavy atom. The minimum Gasteiger partial charge on any atom is -0.388 e. The fourth-order valence-electron chi connectivity index (χ4n) is 1.50. The van der Waals surface area contributed by atoms with Gasteiger partial charge in [0.25, 0.3) is 0 Å².